The third-order valence-electron chi connectivity index (χ3n) is 3.33. The zero-order valence-electron chi connectivity index (χ0n) is 8.90. The van der Waals surface area contributed by atoms with E-state index in [1.165, 1.54) is 17.8 Å². The Morgan fingerprint density at radius 2 is 2.53 bits per heavy atom. The summed E-state index contributed by atoms with van der Waals surface area (Å²) in [5.74, 6) is 0.750. The standard InChI is InChI=1S/C11H16N2OS/c1-7-6-15-11(13-7)9-4-8-2-3-12-5-10(8)14-9/h6,8-10,12H,2-5H2,1H3/t8-,9+,10+/m0/s1. The lowest BCUT2D eigenvalue weighted by Gasteiger charge is -2.24. The maximum atomic E-state index is 6.05. The summed E-state index contributed by atoms with van der Waals surface area (Å²) in [5.41, 5.74) is 1.12. The average molecular weight is 224 g/mol. The molecule has 0 amide bonds. The number of nitrogens with one attached hydrogen (secondary N) is 1. The van der Waals surface area contributed by atoms with Gasteiger partial charge in [-0.1, -0.05) is 0 Å². The van der Waals surface area contributed by atoms with Gasteiger partial charge in [-0.25, -0.2) is 4.98 Å². The lowest BCUT2D eigenvalue weighted by Crippen LogP contribution is -2.38. The largest absolute Gasteiger partial charge is 0.366 e. The fourth-order valence-corrected chi connectivity index (χ4v) is 3.38. The Hall–Kier alpha value is -0.450. The number of aromatic nitrogens is 1. The Morgan fingerprint density at radius 1 is 1.60 bits per heavy atom. The van der Waals surface area contributed by atoms with Crippen molar-refractivity contribution in [3.8, 4) is 0 Å². The second-order valence-electron chi connectivity index (χ2n) is 4.48. The van der Waals surface area contributed by atoms with Crippen LogP contribution in [0.1, 0.15) is 29.6 Å². The molecule has 1 N–H and O–H groups in total. The number of fused-ring (bicyclic) bond motifs is 1. The van der Waals surface area contributed by atoms with Gasteiger partial charge < -0.3 is 10.1 Å². The number of thiazole rings is 1. The highest BCUT2D eigenvalue weighted by atomic mass is 32.1. The van der Waals surface area contributed by atoms with Crippen LogP contribution >= 0.6 is 11.3 Å². The normalized spacial score (nSPS) is 35.4. The predicted octanol–water partition coefficient (Wildman–Crippen LogP) is 1.89. The van der Waals surface area contributed by atoms with Gasteiger partial charge >= 0.3 is 0 Å². The van der Waals surface area contributed by atoms with E-state index >= 15 is 0 Å². The number of piperidine rings is 1. The molecule has 3 atom stereocenters. The lowest BCUT2D eigenvalue weighted by atomic mass is 9.93. The van der Waals surface area contributed by atoms with E-state index < -0.39 is 0 Å². The van der Waals surface area contributed by atoms with E-state index in [0.717, 1.165) is 24.7 Å². The van der Waals surface area contributed by atoms with E-state index in [1.54, 1.807) is 11.3 Å². The van der Waals surface area contributed by atoms with E-state index in [2.05, 4.69) is 15.7 Å². The summed E-state index contributed by atoms with van der Waals surface area (Å²) in [4.78, 5) is 4.52. The third-order valence-corrected chi connectivity index (χ3v) is 4.39. The van der Waals surface area contributed by atoms with Gasteiger partial charge in [0, 0.05) is 17.6 Å². The first-order valence-corrected chi connectivity index (χ1v) is 6.49. The van der Waals surface area contributed by atoms with Crippen molar-refractivity contribution >= 4 is 11.3 Å². The topological polar surface area (TPSA) is 34.1 Å². The van der Waals surface area contributed by atoms with Gasteiger partial charge in [0.25, 0.3) is 0 Å². The Balaban J connectivity index is 1.74. The van der Waals surface area contributed by atoms with Gasteiger partial charge in [0.05, 0.1) is 6.10 Å². The fourth-order valence-electron chi connectivity index (χ4n) is 2.53. The minimum Gasteiger partial charge on any atom is -0.366 e. The molecule has 0 radical (unpaired) electrons. The van der Waals surface area contributed by atoms with Crippen LogP contribution in [0.5, 0.6) is 0 Å². The molecular weight excluding hydrogens is 208 g/mol. The van der Waals surface area contributed by atoms with E-state index in [1.807, 2.05) is 6.92 Å². The minimum atomic E-state index is 0.263. The molecule has 0 unspecified atom stereocenters. The SMILES string of the molecule is Cc1csc([C@H]2C[C@@H]3CCNC[C@H]3O2)n1. The molecule has 3 heterocycles. The van der Waals surface area contributed by atoms with Gasteiger partial charge in [0.2, 0.25) is 0 Å². The van der Waals surface area contributed by atoms with Crippen LogP contribution in [-0.2, 0) is 4.74 Å². The highest BCUT2D eigenvalue weighted by molar-refractivity contribution is 7.09. The summed E-state index contributed by atoms with van der Waals surface area (Å²) in [6.45, 7) is 4.21. The number of hydrogen-bond acceptors (Lipinski definition) is 4. The van der Waals surface area contributed by atoms with Crippen molar-refractivity contribution in [2.24, 2.45) is 5.92 Å². The first-order chi connectivity index (χ1) is 7.33. The zero-order valence-corrected chi connectivity index (χ0v) is 9.72. The average Bonchev–Trinajstić information content (AvgIpc) is 2.82. The molecule has 2 saturated heterocycles. The Bertz CT molecular complexity index is 338. The van der Waals surface area contributed by atoms with Crippen LogP contribution in [0.4, 0.5) is 0 Å². The summed E-state index contributed by atoms with van der Waals surface area (Å²) in [7, 11) is 0. The maximum absolute atomic E-state index is 6.05. The van der Waals surface area contributed by atoms with Crippen LogP contribution < -0.4 is 5.32 Å². The molecule has 15 heavy (non-hydrogen) atoms. The van der Waals surface area contributed by atoms with E-state index in [-0.39, 0.29) is 6.10 Å². The van der Waals surface area contributed by atoms with Crippen molar-refractivity contribution in [2.45, 2.75) is 32.0 Å². The van der Waals surface area contributed by atoms with Crippen molar-refractivity contribution in [3.05, 3.63) is 16.1 Å². The van der Waals surface area contributed by atoms with Crippen LogP contribution in [0.3, 0.4) is 0 Å². The summed E-state index contributed by atoms with van der Waals surface area (Å²) in [5, 5.41) is 6.67. The molecule has 0 saturated carbocycles. The van der Waals surface area contributed by atoms with Gasteiger partial charge in [-0.3, -0.25) is 0 Å². The second kappa shape index (κ2) is 3.85. The Labute approximate surface area is 93.9 Å². The van der Waals surface area contributed by atoms with E-state index in [9.17, 15) is 0 Å². The van der Waals surface area contributed by atoms with Gasteiger partial charge in [0.1, 0.15) is 11.1 Å². The van der Waals surface area contributed by atoms with Crippen LogP contribution in [0.15, 0.2) is 5.38 Å². The molecule has 2 aliphatic heterocycles. The third kappa shape index (κ3) is 1.82. The van der Waals surface area contributed by atoms with Crippen molar-refractivity contribution < 1.29 is 4.74 Å². The number of hydrogen-bond donors (Lipinski definition) is 1. The number of aryl methyl sites for hydroxylation is 1. The molecule has 0 aromatic carbocycles. The van der Waals surface area contributed by atoms with Crippen LogP contribution in [-0.4, -0.2) is 24.2 Å². The van der Waals surface area contributed by atoms with Crippen molar-refractivity contribution in [1.82, 2.24) is 10.3 Å². The van der Waals surface area contributed by atoms with Crippen molar-refractivity contribution in [3.63, 3.8) is 0 Å². The monoisotopic (exact) mass is 224 g/mol. The lowest BCUT2D eigenvalue weighted by molar-refractivity contribution is 0.0261. The molecule has 0 spiro atoms. The first kappa shape index (κ1) is 9.75. The molecule has 3 rings (SSSR count). The molecule has 2 aliphatic rings. The molecular formula is C11H16N2OS. The van der Waals surface area contributed by atoms with Gasteiger partial charge in [0.15, 0.2) is 0 Å². The smallest absolute Gasteiger partial charge is 0.122 e. The van der Waals surface area contributed by atoms with Crippen LogP contribution in [0.2, 0.25) is 0 Å². The van der Waals surface area contributed by atoms with Crippen molar-refractivity contribution in [1.29, 1.82) is 0 Å². The quantitative estimate of drug-likeness (QED) is 0.791. The number of rotatable bonds is 1. The maximum Gasteiger partial charge on any atom is 0.122 e. The molecule has 3 nitrogen and oxygen atoms in total. The molecule has 0 aliphatic carbocycles. The van der Waals surface area contributed by atoms with Crippen LogP contribution in [0.25, 0.3) is 0 Å². The van der Waals surface area contributed by atoms with Crippen LogP contribution in [0, 0.1) is 12.8 Å². The molecule has 82 valence electrons. The summed E-state index contributed by atoms with van der Waals surface area (Å²) >= 11 is 1.74. The predicted molar refractivity (Wildman–Crippen MR) is 60.1 cm³/mol. The van der Waals surface area contributed by atoms with E-state index in [4.69, 9.17) is 4.74 Å². The van der Waals surface area contributed by atoms with Gasteiger partial charge in [-0.15, -0.1) is 11.3 Å². The van der Waals surface area contributed by atoms with Crippen molar-refractivity contribution in [2.75, 3.05) is 13.1 Å². The van der Waals surface area contributed by atoms with Gasteiger partial charge in [-0.2, -0.15) is 0 Å². The summed E-state index contributed by atoms with van der Waals surface area (Å²) in [6, 6.07) is 0. The molecule has 4 heteroatoms. The molecule has 1 aromatic rings. The number of nitrogens with zero attached hydrogens (tertiary/aromatic N) is 1. The molecule has 0 bridgehead atoms. The summed E-state index contributed by atoms with van der Waals surface area (Å²) < 4.78 is 6.05. The minimum absolute atomic E-state index is 0.263. The van der Waals surface area contributed by atoms with E-state index in [0.29, 0.717) is 6.10 Å². The summed E-state index contributed by atoms with van der Waals surface area (Å²) in [6.07, 6.45) is 3.11. The molecule has 1 aromatic heterocycles. The molecule has 2 fully saturated rings. The fraction of sp³-hybridized carbons (Fsp3) is 0.727. The zero-order chi connectivity index (χ0) is 10.3. The van der Waals surface area contributed by atoms with Gasteiger partial charge in [-0.05, 0) is 32.2 Å². The number of ether oxygens (including phenoxy) is 1. The highest BCUT2D eigenvalue weighted by Crippen LogP contribution is 2.40. The Morgan fingerprint density at radius 3 is 3.27 bits per heavy atom. The second-order valence-corrected chi connectivity index (χ2v) is 5.37. The Kier molecular flexibility index (Phi) is 2.50. The highest BCUT2D eigenvalue weighted by Gasteiger charge is 2.38. The first-order valence-electron chi connectivity index (χ1n) is 5.61.